The van der Waals surface area contributed by atoms with Crippen LogP contribution in [0.15, 0.2) is 18.2 Å². The van der Waals surface area contributed by atoms with Gasteiger partial charge in [-0.15, -0.1) is 0 Å². The molecule has 0 heterocycles. The van der Waals surface area contributed by atoms with Crippen LogP contribution in [-0.2, 0) is 11.2 Å². The molecule has 3 aliphatic rings. The van der Waals surface area contributed by atoms with Crippen molar-refractivity contribution in [3.63, 3.8) is 0 Å². The van der Waals surface area contributed by atoms with E-state index in [-0.39, 0.29) is 17.5 Å². The highest BCUT2D eigenvalue weighted by Gasteiger charge is 2.54. The van der Waals surface area contributed by atoms with Crippen molar-refractivity contribution < 1.29 is 14.6 Å². The zero-order chi connectivity index (χ0) is 18.3. The molecule has 0 amide bonds. The minimum Gasteiger partial charge on any atom is -0.427 e. The van der Waals surface area contributed by atoms with Crippen molar-refractivity contribution in [3.05, 3.63) is 29.3 Å². The molecule has 0 aliphatic heterocycles. The molecule has 2 saturated carbocycles. The molecule has 0 bridgehead atoms. The van der Waals surface area contributed by atoms with E-state index in [2.05, 4.69) is 26.0 Å². The first kappa shape index (κ1) is 18.0. The minimum absolute atomic E-state index is 0.111. The van der Waals surface area contributed by atoms with Crippen molar-refractivity contribution in [2.45, 2.75) is 83.7 Å². The fourth-order valence-corrected chi connectivity index (χ4v) is 6.10. The van der Waals surface area contributed by atoms with Gasteiger partial charge in [-0.3, -0.25) is 4.79 Å². The van der Waals surface area contributed by atoms with E-state index >= 15 is 0 Å². The lowest BCUT2D eigenvalue weighted by molar-refractivity contribution is -0.134. The number of benzene rings is 1. The maximum atomic E-state index is 11.9. The second kappa shape index (κ2) is 6.99. The minimum atomic E-state index is -0.117. The Hall–Kier alpha value is -1.35. The van der Waals surface area contributed by atoms with Gasteiger partial charge in [0.15, 0.2) is 0 Å². The normalized spacial score (nSPS) is 35.3. The summed E-state index contributed by atoms with van der Waals surface area (Å²) in [6.45, 7) is 4.40. The Bertz CT molecular complexity index is 682. The quantitative estimate of drug-likeness (QED) is 0.610. The van der Waals surface area contributed by atoms with Crippen LogP contribution in [0, 0.1) is 17.3 Å². The summed E-state index contributed by atoms with van der Waals surface area (Å²) in [5, 5.41) is 10.5. The van der Waals surface area contributed by atoms with Crippen molar-refractivity contribution in [1.29, 1.82) is 0 Å². The van der Waals surface area contributed by atoms with Crippen molar-refractivity contribution in [2.75, 3.05) is 0 Å². The Kier molecular flexibility index (Phi) is 4.85. The molecule has 0 saturated heterocycles. The second-order valence-corrected chi connectivity index (χ2v) is 8.99. The first-order chi connectivity index (χ1) is 12.5. The summed E-state index contributed by atoms with van der Waals surface area (Å²) in [5.74, 6) is 2.58. The van der Waals surface area contributed by atoms with Gasteiger partial charge < -0.3 is 9.84 Å². The van der Waals surface area contributed by atoms with Gasteiger partial charge in [-0.05, 0) is 91.4 Å². The number of carbonyl (C=O) groups excluding carboxylic acids is 1. The fraction of sp³-hybridized carbons (Fsp3) is 0.696. The van der Waals surface area contributed by atoms with E-state index in [1.165, 1.54) is 30.4 Å². The number of hydrogen-bond donors (Lipinski definition) is 1. The predicted octanol–water partition coefficient (Wildman–Crippen LogP) is 5.00. The lowest BCUT2D eigenvalue weighted by atomic mass is 9.55. The number of aryl methyl sites for hydroxylation is 1. The largest absolute Gasteiger partial charge is 0.427 e. The summed E-state index contributed by atoms with van der Waals surface area (Å²) < 4.78 is 5.55. The van der Waals surface area contributed by atoms with Gasteiger partial charge in [0.05, 0.1) is 6.10 Å². The van der Waals surface area contributed by atoms with Crippen LogP contribution < -0.4 is 4.74 Å². The monoisotopic (exact) mass is 356 g/mol. The van der Waals surface area contributed by atoms with E-state index in [1.807, 2.05) is 6.07 Å². The number of esters is 1. The molecule has 5 atom stereocenters. The molecule has 0 aromatic heterocycles. The molecule has 142 valence electrons. The molecular formula is C23H32O3. The number of unbranched alkanes of at least 4 members (excludes halogenated alkanes) is 1. The van der Waals surface area contributed by atoms with Gasteiger partial charge in [0.25, 0.3) is 0 Å². The Morgan fingerprint density at radius 2 is 2.12 bits per heavy atom. The second-order valence-electron chi connectivity index (χ2n) is 8.99. The number of aliphatic hydroxyl groups excluding tert-OH is 1. The summed E-state index contributed by atoms with van der Waals surface area (Å²) in [7, 11) is 0. The van der Waals surface area contributed by atoms with E-state index < -0.39 is 0 Å². The van der Waals surface area contributed by atoms with Gasteiger partial charge in [-0.2, -0.15) is 0 Å². The Balaban J connectivity index is 1.52. The smallest absolute Gasteiger partial charge is 0.311 e. The van der Waals surface area contributed by atoms with Gasteiger partial charge in [0, 0.05) is 6.42 Å². The Morgan fingerprint density at radius 3 is 2.92 bits per heavy atom. The van der Waals surface area contributed by atoms with Gasteiger partial charge >= 0.3 is 5.97 Å². The van der Waals surface area contributed by atoms with Gasteiger partial charge in [0.2, 0.25) is 0 Å². The van der Waals surface area contributed by atoms with Crippen molar-refractivity contribution in [1.82, 2.24) is 0 Å². The summed E-state index contributed by atoms with van der Waals surface area (Å²) in [4.78, 5) is 11.9. The van der Waals surface area contributed by atoms with Gasteiger partial charge in [-0.1, -0.05) is 26.3 Å². The lowest BCUT2D eigenvalue weighted by Crippen LogP contribution is -2.43. The summed E-state index contributed by atoms with van der Waals surface area (Å²) in [6.07, 6.45) is 9.03. The molecule has 0 radical (unpaired) electrons. The zero-order valence-corrected chi connectivity index (χ0v) is 16.2. The number of hydrogen-bond acceptors (Lipinski definition) is 3. The van der Waals surface area contributed by atoms with Crippen molar-refractivity contribution in [3.8, 4) is 5.75 Å². The first-order valence-corrected chi connectivity index (χ1v) is 10.5. The number of rotatable bonds is 4. The van der Waals surface area contributed by atoms with Crippen molar-refractivity contribution >= 4 is 5.97 Å². The average molecular weight is 357 g/mol. The predicted molar refractivity (Wildman–Crippen MR) is 102 cm³/mol. The van der Waals surface area contributed by atoms with Crippen LogP contribution in [0.25, 0.3) is 0 Å². The maximum absolute atomic E-state index is 11.9. The molecule has 26 heavy (non-hydrogen) atoms. The highest BCUT2D eigenvalue weighted by Crippen LogP contribution is 2.60. The number of aliphatic hydroxyl groups is 1. The molecule has 3 aliphatic carbocycles. The van der Waals surface area contributed by atoms with E-state index in [0.717, 1.165) is 32.1 Å². The number of fused-ring (bicyclic) bond motifs is 5. The SMILES string of the molecule is CCCCC(=O)Oc1ccc2c(c1)CCC1C2CC[C@@]2(C)C1CC[C@@H]2O. The lowest BCUT2D eigenvalue weighted by Gasteiger charge is -2.50. The van der Waals surface area contributed by atoms with Crippen LogP contribution in [0.3, 0.4) is 0 Å². The molecule has 1 N–H and O–H groups in total. The third-order valence-corrected chi connectivity index (χ3v) is 7.61. The molecule has 0 spiro atoms. The van der Waals surface area contributed by atoms with E-state index in [1.54, 1.807) is 0 Å². The number of carbonyl (C=O) groups is 1. The standard InChI is InChI=1S/C23H32O3/c1-3-4-5-22(25)26-16-7-9-17-15(14-16)6-8-19-18(17)12-13-23(2)20(19)10-11-21(23)24/h7,9,14,18-21,24H,3-6,8,10-13H2,1-2H3/t18?,19?,20?,21-,23-/m0/s1. The van der Waals surface area contributed by atoms with Crippen LogP contribution in [0.1, 0.15) is 82.3 Å². The van der Waals surface area contributed by atoms with Crippen molar-refractivity contribution in [2.24, 2.45) is 17.3 Å². The molecule has 1 aromatic carbocycles. The fourth-order valence-electron chi connectivity index (χ4n) is 6.10. The number of ether oxygens (including phenoxy) is 1. The topological polar surface area (TPSA) is 46.5 Å². The van der Waals surface area contributed by atoms with E-state index in [9.17, 15) is 9.90 Å². The van der Waals surface area contributed by atoms with E-state index in [0.29, 0.717) is 29.9 Å². The third-order valence-electron chi connectivity index (χ3n) is 7.61. The van der Waals surface area contributed by atoms with Crippen LogP contribution in [0.4, 0.5) is 0 Å². The highest BCUT2D eigenvalue weighted by atomic mass is 16.5. The molecule has 1 aromatic rings. The van der Waals surface area contributed by atoms with Gasteiger partial charge in [-0.25, -0.2) is 0 Å². The molecule has 3 unspecified atom stereocenters. The summed E-state index contributed by atoms with van der Waals surface area (Å²) >= 11 is 0. The van der Waals surface area contributed by atoms with Crippen LogP contribution in [0.2, 0.25) is 0 Å². The highest BCUT2D eigenvalue weighted by molar-refractivity contribution is 5.72. The average Bonchev–Trinajstić information content (AvgIpc) is 2.94. The molecule has 4 rings (SSSR count). The summed E-state index contributed by atoms with van der Waals surface area (Å²) in [6, 6.07) is 6.30. The molecule has 2 fully saturated rings. The molecule has 3 heteroatoms. The first-order valence-electron chi connectivity index (χ1n) is 10.5. The van der Waals surface area contributed by atoms with Crippen LogP contribution in [-0.4, -0.2) is 17.2 Å². The zero-order valence-electron chi connectivity index (χ0n) is 16.2. The van der Waals surface area contributed by atoms with Crippen LogP contribution >= 0.6 is 0 Å². The molecular weight excluding hydrogens is 324 g/mol. The summed E-state index contributed by atoms with van der Waals surface area (Å²) in [5.41, 5.74) is 2.97. The maximum Gasteiger partial charge on any atom is 0.311 e. The Morgan fingerprint density at radius 1 is 1.27 bits per heavy atom. The molecule has 3 nitrogen and oxygen atoms in total. The third kappa shape index (κ3) is 2.98. The van der Waals surface area contributed by atoms with E-state index in [4.69, 9.17) is 4.74 Å². The Labute approximate surface area is 157 Å². The van der Waals surface area contributed by atoms with Gasteiger partial charge in [0.1, 0.15) is 5.75 Å². The van der Waals surface area contributed by atoms with Crippen LogP contribution in [0.5, 0.6) is 5.75 Å².